The lowest BCUT2D eigenvalue weighted by Crippen LogP contribution is -2.12. The van der Waals surface area contributed by atoms with Crippen molar-refractivity contribution in [1.82, 2.24) is 4.98 Å². The Labute approximate surface area is 113 Å². The molecule has 6 nitrogen and oxygen atoms in total. The Kier molecular flexibility index (Phi) is 4.10. The van der Waals surface area contributed by atoms with Gasteiger partial charge in [0.15, 0.2) is 11.6 Å². The summed E-state index contributed by atoms with van der Waals surface area (Å²) < 4.78 is 0. The van der Waals surface area contributed by atoms with Gasteiger partial charge in [0.1, 0.15) is 0 Å². The van der Waals surface area contributed by atoms with Gasteiger partial charge in [-0.15, -0.1) is 11.3 Å². The van der Waals surface area contributed by atoms with Crippen LogP contribution in [0.15, 0.2) is 23.7 Å². The van der Waals surface area contributed by atoms with Crippen LogP contribution in [0.1, 0.15) is 20.8 Å². The largest absolute Gasteiger partial charge is 0.504 e. The standard InChI is InChI=1S/C12H12N2O4S/c15-5-7-4-13-11(10(17)8(7)6-16)14-12(18)9-2-1-3-19-9/h1-4,15-17H,5-6H2,(H,13,14,18). The number of thiophene rings is 1. The predicted octanol–water partition coefficient (Wildman–Crippen LogP) is 1.09. The van der Waals surface area contributed by atoms with Gasteiger partial charge >= 0.3 is 0 Å². The number of carbonyl (C=O) groups excluding carboxylic acids is 1. The fourth-order valence-electron chi connectivity index (χ4n) is 1.56. The maximum absolute atomic E-state index is 11.8. The first-order valence-corrected chi connectivity index (χ1v) is 6.31. The van der Waals surface area contributed by atoms with E-state index in [4.69, 9.17) is 10.2 Å². The van der Waals surface area contributed by atoms with Crippen LogP contribution in [-0.4, -0.2) is 26.2 Å². The first-order chi connectivity index (χ1) is 9.17. The third-order valence-corrected chi connectivity index (χ3v) is 3.42. The number of rotatable bonds is 4. The summed E-state index contributed by atoms with van der Waals surface area (Å²) in [5, 5.41) is 32.3. The number of aromatic hydroxyl groups is 1. The van der Waals surface area contributed by atoms with Crippen molar-refractivity contribution in [2.45, 2.75) is 13.2 Å². The summed E-state index contributed by atoms with van der Waals surface area (Å²) in [5.74, 6) is -0.767. The van der Waals surface area contributed by atoms with E-state index in [0.717, 1.165) is 0 Å². The lowest BCUT2D eigenvalue weighted by Gasteiger charge is -2.11. The number of amides is 1. The highest BCUT2D eigenvalue weighted by Crippen LogP contribution is 2.28. The molecule has 1 amide bonds. The maximum Gasteiger partial charge on any atom is 0.266 e. The predicted molar refractivity (Wildman–Crippen MR) is 70.0 cm³/mol. The fourth-order valence-corrected chi connectivity index (χ4v) is 2.18. The van der Waals surface area contributed by atoms with Gasteiger partial charge in [0.2, 0.25) is 0 Å². The van der Waals surface area contributed by atoms with Gasteiger partial charge in [-0.1, -0.05) is 6.07 Å². The molecule has 0 spiro atoms. The van der Waals surface area contributed by atoms with Crippen LogP contribution in [0.5, 0.6) is 5.75 Å². The average molecular weight is 280 g/mol. The zero-order valence-electron chi connectivity index (χ0n) is 9.83. The molecule has 0 bridgehead atoms. The zero-order valence-corrected chi connectivity index (χ0v) is 10.6. The smallest absolute Gasteiger partial charge is 0.266 e. The topological polar surface area (TPSA) is 103 Å². The van der Waals surface area contributed by atoms with Crippen LogP contribution in [0.25, 0.3) is 0 Å². The molecule has 0 aliphatic carbocycles. The van der Waals surface area contributed by atoms with Crippen molar-refractivity contribution in [3.8, 4) is 5.75 Å². The quantitative estimate of drug-likeness (QED) is 0.671. The van der Waals surface area contributed by atoms with Gasteiger partial charge in [-0.25, -0.2) is 4.98 Å². The Hall–Kier alpha value is -1.96. The maximum atomic E-state index is 11.8. The lowest BCUT2D eigenvalue weighted by molar-refractivity contribution is 0.102. The van der Waals surface area contributed by atoms with Crippen molar-refractivity contribution in [2.75, 3.05) is 5.32 Å². The highest BCUT2D eigenvalue weighted by atomic mass is 32.1. The van der Waals surface area contributed by atoms with E-state index in [9.17, 15) is 9.90 Å². The molecule has 0 atom stereocenters. The minimum Gasteiger partial charge on any atom is -0.504 e. The van der Waals surface area contributed by atoms with Crippen molar-refractivity contribution in [1.29, 1.82) is 0 Å². The van der Waals surface area contributed by atoms with Crippen LogP contribution < -0.4 is 5.32 Å². The molecule has 0 saturated heterocycles. The van der Waals surface area contributed by atoms with Crippen LogP contribution in [0.4, 0.5) is 5.82 Å². The lowest BCUT2D eigenvalue weighted by atomic mass is 10.1. The number of hydrogen-bond acceptors (Lipinski definition) is 6. The van der Waals surface area contributed by atoms with Crippen molar-refractivity contribution in [2.24, 2.45) is 0 Å². The van der Waals surface area contributed by atoms with E-state index in [0.29, 0.717) is 10.4 Å². The van der Waals surface area contributed by atoms with Crippen molar-refractivity contribution in [3.05, 3.63) is 39.7 Å². The minimum absolute atomic E-state index is 0.0420. The molecule has 4 N–H and O–H groups in total. The third-order valence-electron chi connectivity index (χ3n) is 2.55. The molecule has 19 heavy (non-hydrogen) atoms. The first-order valence-electron chi connectivity index (χ1n) is 5.43. The molecule has 7 heteroatoms. The van der Waals surface area contributed by atoms with E-state index in [-0.39, 0.29) is 23.7 Å². The number of aliphatic hydroxyl groups is 2. The number of anilines is 1. The minimum atomic E-state index is -0.452. The van der Waals surface area contributed by atoms with Crippen molar-refractivity contribution < 1.29 is 20.1 Å². The number of nitrogens with one attached hydrogen (secondary N) is 1. The molecular formula is C12H12N2O4S. The highest BCUT2D eigenvalue weighted by Gasteiger charge is 2.16. The van der Waals surface area contributed by atoms with Gasteiger partial charge in [0.05, 0.1) is 18.1 Å². The molecule has 0 aliphatic heterocycles. The second-order valence-corrected chi connectivity index (χ2v) is 4.65. The fraction of sp³-hybridized carbons (Fsp3) is 0.167. The van der Waals surface area contributed by atoms with Crippen LogP contribution in [0, 0.1) is 0 Å². The molecule has 0 aliphatic rings. The summed E-state index contributed by atoms with van der Waals surface area (Å²) in [6.45, 7) is -0.804. The zero-order chi connectivity index (χ0) is 13.8. The van der Waals surface area contributed by atoms with E-state index in [1.165, 1.54) is 17.5 Å². The van der Waals surface area contributed by atoms with Gasteiger partial charge in [0, 0.05) is 17.3 Å². The molecular weight excluding hydrogens is 268 g/mol. The van der Waals surface area contributed by atoms with Gasteiger partial charge in [-0.05, 0) is 11.4 Å². The molecule has 0 unspecified atom stereocenters. The Bertz CT molecular complexity index is 584. The van der Waals surface area contributed by atoms with E-state index in [1.807, 2.05) is 0 Å². The Morgan fingerprint density at radius 1 is 1.37 bits per heavy atom. The van der Waals surface area contributed by atoms with E-state index in [1.54, 1.807) is 17.5 Å². The Balaban J connectivity index is 2.29. The molecule has 0 saturated carbocycles. The number of aliphatic hydroxyl groups excluding tert-OH is 2. The summed E-state index contributed by atoms with van der Waals surface area (Å²) in [7, 11) is 0. The summed E-state index contributed by atoms with van der Waals surface area (Å²) >= 11 is 1.26. The highest BCUT2D eigenvalue weighted by molar-refractivity contribution is 7.12. The Morgan fingerprint density at radius 2 is 2.16 bits per heavy atom. The number of pyridine rings is 1. The molecule has 2 rings (SSSR count). The second-order valence-electron chi connectivity index (χ2n) is 3.71. The second kappa shape index (κ2) is 5.79. The molecule has 2 aromatic rings. The molecule has 0 radical (unpaired) electrons. The van der Waals surface area contributed by atoms with Crippen molar-refractivity contribution >= 4 is 23.1 Å². The van der Waals surface area contributed by atoms with Crippen LogP contribution in [0.2, 0.25) is 0 Å². The van der Waals surface area contributed by atoms with Crippen LogP contribution in [0.3, 0.4) is 0 Å². The van der Waals surface area contributed by atoms with Gasteiger partial charge in [0.25, 0.3) is 5.91 Å². The monoisotopic (exact) mass is 280 g/mol. The molecule has 2 aromatic heterocycles. The van der Waals surface area contributed by atoms with E-state index < -0.39 is 12.5 Å². The van der Waals surface area contributed by atoms with E-state index >= 15 is 0 Å². The first kappa shape index (κ1) is 13.5. The summed E-state index contributed by atoms with van der Waals surface area (Å²) in [6.07, 6.45) is 1.30. The number of hydrogen-bond donors (Lipinski definition) is 4. The normalized spacial score (nSPS) is 10.4. The van der Waals surface area contributed by atoms with Gasteiger partial charge < -0.3 is 20.6 Å². The number of aromatic nitrogens is 1. The van der Waals surface area contributed by atoms with Gasteiger partial charge in [-0.2, -0.15) is 0 Å². The number of carbonyl (C=O) groups is 1. The SMILES string of the molecule is O=C(Nc1ncc(CO)c(CO)c1O)c1cccs1. The Morgan fingerprint density at radius 3 is 2.74 bits per heavy atom. The molecule has 0 aromatic carbocycles. The van der Waals surface area contributed by atoms with Crippen LogP contribution >= 0.6 is 11.3 Å². The summed E-state index contributed by atoms with van der Waals surface area (Å²) in [6, 6.07) is 3.38. The third kappa shape index (κ3) is 2.73. The van der Waals surface area contributed by atoms with Gasteiger partial charge in [-0.3, -0.25) is 4.79 Å². The summed E-state index contributed by atoms with van der Waals surface area (Å²) in [5.41, 5.74) is 0.466. The van der Waals surface area contributed by atoms with Crippen molar-refractivity contribution in [3.63, 3.8) is 0 Å². The molecule has 100 valence electrons. The summed E-state index contributed by atoms with van der Waals surface area (Å²) in [4.78, 5) is 16.2. The molecule has 2 heterocycles. The van der Waals surface area contributed by atoms with Crippen LogP contribution in [-0.2, 0) is 13.2 Å². The number of nitrogens with zero attached hydrogens (tertiary/aromatic N) is 1. The molecule has 0 fully saturated rings. The van der Waals surface area contributed by atoms with E-state index in [2.05, 4.69) is 10.3 Å². The average Bonchev–Trinajstić information content (AvgIpc) is 2.94.